The molecule has 0 N–H and O–H groups in total. The Hall–Kier alpha value is -1.91. The molecule has 22 heavy (non-hydrogen) atoms. The van der Waals surface area contributed by atoms with Crippen LogP contribution in [0.2, 0.25) is 0 Å². The van der Waals surface area contributed by atoms with Gasteiger partial charge in [-0.25, -0.2) is 13.4 Å². The van der Waals surface area contributed by atoms with E-state index in [1.807, 2.05) is 30.3 Å². The molecule has 0 saturated heterocycles. The van der Waals surface area contributed by atoms with E-state index >= 15 is 0 Å². The van der Waals surface area contributed by atoms with E-state index in [0.717, 1.165) is 27.7 Å². The largest absolute Gasteiger partial charge is 0.248 e. The molecule has 2 aromatic carbocycles. The molecular weight excluding hydrogens is 318 g/mol. The Morgan fingerprint density at radius 2 is 1.59 bits per heavy atom. The highest BCUT2D eigenvalue weighted by atomic mass is 35.5. The molecule has 0 aliphatic heterocycles. The number of hydrogen-bond donors (Lipinski definition) is 0. The van der Waals surface area contributed by atoms with Crippen molar-refractivity contribution in [1.82, 2.24) is 4.98 Å². The fraction of sp³-hybridized carbons (Fsp3) is 0.118. The molecule has 0 unspecified atom stereocenters. The maximum Gasteiger partial charge on any atom is 0.175 e. The fourth-order valence-corrected chi connectivity index (χ4v) is 3.00. The highest BCUT2D eigenvalue weighted by molar-refractivity contribution is 7.90. The molecule has 0 fully saturated rings. The Kier molecular flexibility index (Phi) is 4.54. The SMILES string of the molecule is Cc1cc(-c2ccc(S(C)(=O)=O)cc2)nc2ccccc12.Cl. The Labute approximate surface area is 136 Å². The summed E-state index contributed by atoms with van der Waals surface area (Å²) in [5.41, 5.74) is 3.87. The van der Waals surface area contributed by atoms with Gasteiger partial charge < -0.3 is 0 Å². The molecule has 0 radical (unpaired) electrons. The van der Waals surface area contributed by atoms with Crippen molar-refractivity contribution in [2.75, 3.05) is 6.26 Å². The molecule has 3 aromatic rings. The number of para-hydroxylation sites is 1. The Morgan fingerprint density at radius 1 is 0.955 bits per heavy atom. The first kappa shape index (κ1) is 16.5. The number of pyridine rings is 1. The van der Waals surface area contributed by atoms with Crippen LogP contribution in [0, 0.1) is 6.92 Å². The van der Waals surface area contributed by atoms with Gasteiger partial charge in [0.2, 0.25) is 0 Å². The Morgan fingerprint density at radius 3 is 2.23 bits per heavy atom. The lowest BCUT2D eigenvalue weighted by molar-refractivity contribution is 0.602. The molecule has 0 saturated carbocycles. The molecule has 0 atom stereocenters. The minimum Gasteiger partial charge on any atom is -0.248 e. The van der Waals surface area contributed by atoms with Crippen LogP contribution in [0.1, 0.15) is 5.56 Å². The minimum absolute atomic E-state index is 0. The number of benzene rings is 2. The number of aromatic nitrogens is 1. The van der Waals surface area contributed by atoms with Crippen LogP contribution in [0.3, 0.4) is 0 Å². The van der Waals surface area contributed by atoms with Crippen molar-refractivity contribution in [2.45, 2.75) is 11.8 Å². The van der Waals surface area contributed by atoms with Gasteiger partial charge in [0.15, 0.2) is 9.84 Å². The van der Waals surface area contributed by atoms with E-state index in [2.05, 4.69) is 11.9 Å². The highest BCUT2D eigenvalue weighted by Gasteiger charge is 2.08. The molecule has 0 spiro atoms. The second-order valence-corrected chi connectivity index (χ2v) is 7.15. The van der Waals surface area contributed by atoms with Crippen LogP contribution < -0.4 is 0 Å². The predicted molar refractivity (Wildman–Crippen MR) is 92.3 cm³/mol. The summed E-state index contributed by atoms with van der Waals surface area (Å²) >= 11 is 0. The van der Waals surface area contributed by atoms with E-state index in [4.69, 9.17) is 0 Å². The maximum atomic E-state index is 11.5. The van der Waals surface area contributed by atoms with Gasteiger partial charge >= 0.3 is 0 Å². The normalized spacial score (nSPS) is 11.2. The topological polar surface area (TPSA) is 47.0 Å². The van der Waals surface area contributed by atoms with Gasteiger partial charge in [-0.2, -0.15) is 0 Å². The third-order valence-corrected chi connectivity index (χ3v) is 4.63. The molecule has 0 amide bonds. The lowest BCUT2D eigenvalue weighted by Gasteiger charge is -2.07. The fourth-order valence-electron chi connectivity index (χ4n) is 2.37. The van der Waals surface area contributed by atoms with Crippen molar-refractivity contribution >= 4 is 33.1 Å². The van der Waals surface area contributed by atoms with E-state index in [-0.39, 0.29) is 12.4 Å². The van der Waals surface area contributed by atoms with Gasteiger partial charge in [-0.15, -0.1) is 12.4 Å². The minimum atomic E-state index is -3.17. The Balaban J connectivity index is 0.00000176. The third kappa shape index (κ3) is 3.13. The van der Waals surface area contributed by atoms with Crippen LogP contribution in [0.15, 0.2) is 59.5 Å². The van der Waals surface area contributed by atoms with E-state index in [0.29, 0.717) is 4.90 Å². The van der Waals surface area contributed by atoms with Gasteiger partial charge in [0.25, 0.3) is 0 Å². The van der Waals surface area contributed by atoms with Crippen molar-refractivity contribution in [3.63, 3.8) is 0 Å². The van der Waals surface area contributed by atoms with Crippen molar-refractivity contribution in [3.8, 4) is 11.3 Å². The predicted octanol–water partition coefficient (Wildman–Crippen LogP) is 4.04. The summed E-state index contributed by atoms with van der Waals surface area (Å²) in [5.74, 6) is 0. The molecule has 114 valence electrons. The van der Waals surface area contributed by atoms with Crippen LogP contribution in [-0.4, -0.2) is 19.7 Å². The van der Waals surface area contributed by atoms with E-state index in [1.165, 1.54) is 6.26 Å². The number of hydrogen-bond acceptors (Lipinski definition) is 3. The summed E-state index contributed by atoms with van der Waals surface area (Å²) in [4.78, 5) is 4.97. The summed E-state index contributed by atoms with van der Waals surface area (Å²) in [6, 6.07) is 16.9. The average Bonchev–Trinajstić information content (AvgIpc) is 2.46. The van der Waals surface area contributed by atoms with Gasteiger partial charge in [0.05, 0.1) is 16.1 Å². The smallest absolute Gasteiger partial charge is 0.175 e. The first-order valence-corrected chi connectivity index (χ1v) is 8.51. The molecule has 5 heteroatoms. The number of rotatable bonds is 2. The van der Waals surface area contributed by atoms with Crippen LogP contribution >= 0.6 is 12.4 Å². The van der Waals surface area contributed by atoms with Crippen LogP contribution in [0.25, 0.3) is 22.2 Å². The molecule has 0 aliphatic carbocycles. The second kappa shape index (κ2) is 6.07. The van der Waals surface area contributed by atoms with Crippen molar-refractivity contribution in [1.29, 1.82) is 0 Å². The second-order valence-electron chi connectivity index (χ2n) is 5.14. The monoisotopic (exact) mass is 333 g/mol. The van der Waals surface area contributed by atoms with Crippen molar-refractivity contribution in [2.24, 2.45) is 0 Å². The molecule has 3 nitrogen and oxygen atoms in total. The summed E-state index contributed by atoms with van der Waals surface area (Å²) in [6.45, 7) is 2.05. The zero-order valence-corrected chi connectivity index (χ0v) is 13.9. The maximum absolute atomic E-state index is 11.5. The number of fused-ring (bicyclic) bond motifs is 1. The zero-order valence-electron chi connectivity index (χ0n) is 12.3. The molecule has 0 bridgehead atoms. The van der Waals surface area contributed by atoms with Gasteiger partial charge in [0, 0.05) is 17.2 Å². The van der Waals surface area contributed by atoms with E-state index < -0.39 is 9.84 Å². The standard InChI is InChI=1S/C17H15NO2S.ClH/c1-12-11-17(18-16-6-4-3-5-15(12)16)13-7-9-14(10-8-13)21(2,19)20;/h3-11H,1-2H3;1H. The summed E-state index contributed by atoms with van der Waals surface area (Å²) in [7, 11) is -3.17. The van der Waals surface area contributed by atoms with Crippen LogP contribution in [0.5, 0.6) is 0 Å². The van der Waals surface area contributed by atoms with Gasteiger partial charge in [0.1, 0.15) is 0 Å². The lowest BCUT2D eigenvalue weighted by atomic mass is 10.1. The van der Waals surface area contributed by atoms with Gasteiger partial charge in [-0.05, 0) is 36.8 Å². The summed E-state index contributed by atoms with van der Waals surface area (Å²) in [5, 5.41) is 1.13. The van der Waals surface area contributed by atoms with E-state index in [1.54, 1.807) is 24.3 Å². The number of nitrogens with zero attached hydrogens (tertiary/aromatic N) is 1. The summed E-state index contributed by atoms with van der Waals surface area (Å²) in [6.07, 6.45) is 1.21. The van der Waals surface area contributed by atoms with E-state index in [9.17, 15) is 8.42 Å². The van der Waals surface area contributed by atoms with Gasteiger partial charge in [-0.3, -0.25) is 0 Å². The molecular formula is C17H16ClNO2S. The number of aryl methyl sites for hydroxylation is 1. The number of halogens is 1. The third-order valence-electron chi connectivity index (χ3n) is 3.50. The highest BCUT2D eigenvalue weighted by Crippen LogP contribution is 2.25. The first-order valence-electron chi connectivity index (χ1n) is 6.62. The number of sulfone groups is 1. The van der Waals surface area contributed by atoms with Gasteiger partial charge in [-0.1, -0.05) is 30.3 Å². The van der Waals surface area contributed by atoms with Crippen LogP contribution in [0.4, 0.5) is 0 Å². The lowest BCUT2D eigenvalue weighted by Crippen LogP contribution is -1.96. The molecule has 0 aliphatic rings. The van der Waals surface area contributed by atoms with Crippen LogP contribution in [-0.2, 0) is 9.84 Å². The van der Waals surface area contributed by atoms with Crippen molar-refractivity contribution in [3.05, 3.63) is 60.2 Å². The zero-order chi connectivity index (χ0) is 15.0. The molecule has 1 aromatic heterocycles. The molecule has 3 rings (SSSR count). The molecule has 1 heterocycles. The summed E-state index contributed by atoms with van der Waals surface area (Å²) < 4.78 is 23.0. The quantitative estimate of drug-likeness (QED) is 0.711. The first-order chi connectivity index (χ1) is 9.95. The Bertz CT molecular complexity index is 919. The average molecular weight is 334 g/mol. The van der Waals surface area contributed by atoms with Crippen molar-refractivity contribution < 1.29 is 8.42 Å².